The minimum atomic E-state index is -0.400. The Kier molecular flexibility index (Phi) is 5.65. The van der Waals surface area contributed by atoms with Gasteiger partial charge in [-0.2, -0.15) is 0 Å². The number of primary amides is 2. The third kappa shape index (κ3) is 4.43. The highest BCUT2D eigenvalue weighted by Gasteiger charge is 2.13. The number of carbonyl (C=O) groups excluding carboxylic acids is 2. The van der Waals surface area contributed by atoms with Gasteiger partial charge >= 0.3 is 0 Å². The molecule has 0 aromatic heterocycles. The molecule has 0 spiro atoms. The summed E-state index contributed by atoms with van der Waals surface area (Å²) in [5, 5.41) is 0. The molecule has 17 heavy (non-hydrogen) atoms. The fraction of sp³-hybridized carbons (Fsp3) is 0.538. The molecule has 2 amide bonds. The molecule has 0 bridgehead atoms. The molecule has 0 aromatic rings. The summed E-state index contributed by atoms with van der Waals surface area (Å²) < 4.78 is 0. The first-order valence-electron chi connectivity index (χ1n) is 5.61. The van der Waals surface area contributed by atoms with Crippen LogP contribution in [0.5, 0.6) is 0 Å². The standard InChI is InChI=1S/C13H22N2O2/c1-7(9(3)11(5)13(15)17)6-8(2)10(4)12(14)16/h7H,6H2,1-5H3,(H2,14,16)(H2,15,17)/b10-8+,11-9+. The third-order valence-corrected chi connectivity index (χ3v) is 3.32. The highest BCUT2D eigenvalue weighted by molar-refractivity contribution is 5.92. The van der Waals surface area contributed by atoms with Crippen LogP contribution in [-0.2, 0) is 9.59 Å². The minimum Gasteiger partial charge on any atom is -0.366 e. The Morgan fingerprint density at radius 3 is 1.71 bits per heavy atom. The van der Waals surface area contributed by atoms with E-state index >= 15 is 0 Å². The van der Waals surface area contributed by atoms with Crippen LogP contribution < -0.4 is 11.5 Å². The van der Waals surface area contributed by atoms with Crippen molar-refractivity contribution >= 4 is 11.8 Å². The molecule has 0 radical (unpaired) electrons. The second kappa shape index (κ2) is 6.23. The van der Waals surface area contributed by atoms with Crippen LogP contribution in [0.2, 0.25) is 0 Å². The molecule has 96 valence electrons. The third-order valence-electron chi connectivity index (χ3n) is 3.32. The number of allylic oxidation sites excluding steroid dienone is 2. The number of hydrogen-bond acceptors (Lipinski definition) is 2. The lowest BCUT2D eigenvalue weighted by Crippen LogP contribution is -2.16. The molecule has 0 aliphatic carbocycles. The molecular formula is C13H22N2O2. The Hall–Kier alpha value is -1.58. The smallest absolute Gasteiger partial charge is 0.244 e. The SMILES string of the molecule is C/C(CC(C)/C(C)=C(\C)C(N)=O)=C(/C)C(N)=O. The van der Waals surface area contributed by atoms with E-state index in [1.54, 1.807) is 13.8 Å². The van der Waals surface area contributed by atoms with Crippen molar-refractivity contribution < 1.29 is 9.59 Å². The Bertz CT molecular complexity index is 392. The van der Waals surface area contributed by atoms with Gasteiger partial charge < -0.3 is 11.5 Å². The summed E-state index contributed by atoms with van der Waals surface area (Å²) in [4.78, 5) is 22.1. The minimum absolute atomic E-state index is 0.164. The fourth-order valence-corrected chi connectivity index (χ4v) is 1.54. The fourth-order valence-electron chi connectivity index (χ4n) is 1.54. The zero-order chi connectivity index (χ0) is 13.7. The summed E-state index contributed by atoms with van der Waals surface area (Å²) in [6.07, 6.45) is 0.700. The second-order valence-corrected chi connectivity index (χ2v) is 4.55. The molecule has 0 aromatic carbocycles. The molecule has 0 aliphatic heterocycles. The molecule has 0 saturated carbocycles. The largest absolute Gasteiger partial charge is 0.366 e. The quantitative estimate of drug-likeness (QED) is 0.713. The first-order chi connectivity index (χ1) is 7.68. The van der Waals surface area contributed by atoms with Crippen LogP contribution in [0.15, 0.2) is 22.3 Å². The molecule has 1 atom stereocenters. The van der Waals surface area contributed by atoms with Gasteiger partial charge in [-0.15, -0.1) is 0 Å². The first-order valence-corrected chi connectivity index (χ1v) is 5.61. The highest BCUT2D eigenvalue weighted by Crippen LogP contribution is 2.23. The molecule has 0 rings (SSSR count). The average molecular weight is 238 g/mol. The number of amides is 2. The van der Waals surface area contributed by atoms with Gasteiger partial charge in [0.2, 0.25) is 11.8 Å². The van der Waals surface area contributed by atoms with Crippen molar-refractivity contribution in [3.63, 3.8) is 0 Å². The summed E-state index contributed by atoms with van der Waals surface area (Å²) >= 11 is 0. The number of rotatable bonds is 5. The van der Waals surface area contributed by atoms with E-state index in [1.807, 2.05) is 20.8 Å². The zero-order valence-electron chi connectivity index (χ0n) is 11.3. The van der Waals surface area contributed by atoms with Crippen LogP contribution in [0.3, 0.4) is 0 Å². The van der Waals surface area contributed by atoms with Gasteiger partial charge in [-0.05, 0) is 40.0 Å². The van der Waals surface area contributed by atoms with Gasteiger partial charge in [0, 0.05) is 11.1 Å². The van der Waals surface area contributed by atoms with Gasteiger partial charge in [0.05, 0.1) is 0 Å². The maximum Gasteiger partial charge on any atom is 0.244 e. The van der Waals surface area contributed by atoms with E-state index in [-0.39, 0.29) is 5.92 Å². The average Bonchev–Trinajstić information content (AvgIpc) is 2.25. The van der Waals surface area contributed by atoms with Crippen molar-refractivity contribution in [2.45, 2.75) is 41.0 Å². The van der Waals surface area contributed by atoms with E-state index in [0.717, 1.165) is 11.1 Å². The molecule has 4 nitrogen and oxygen atoms in total. The molecule has 1 unspecified atom stereocenters. The number of nitrogens with two attached hydrogens (primary N) is 2. The van der Waals surface area contributed by atoms with Crippen molar-refractivity contribution in [1.82, 2.24) is 0 Å². The molecule has 0 heterocycles. The number of hydrogen-bond donors (Lipinski definition) is 2. The highest BCUT2D eigenvalue weighted by atomic mass is 16.1. The van der Waals surface area contributed by atoms with Crippen molar-refractivity contribution in [1.29, 1.82) is 0 Å². The normalized spacial score (nSPS) is 15.8. The van der Waals surface area contributed by atoms with Crippen molar-refractivity contribution in [2.75, 3.05) is 0 Å². The van der Waals surface area contributed by atoms with Gasteiger partial charge in [-0.3, -0.25) is 9.59 Å². The van der Waals surface area contributed by atoms with E-state index in [2.05, 4.69) is 0 Å². The maximum absolute atomic E-state index is 11.1. The van der Waals surface area contributed by atoms with Gasteiger partial charge in [0.1, 0.15) is 0 Å². The van der Waals surface area contributed by atoms with Crippen molar-refractivity contribution in [3.8, 4) is 0 Å². The van der Waals surface area contributed by atoms with Crippen LogP contribution in [0.1, 0.15) is 41.0 Å². The molecular weight excluding hydrogens is 216 g/mol. The maximum atomic E-state index is 11.1. The lowest BCUT2D eigenvalue weighted by Gasteiger charge is -2.16. The summed E-state index contributed by atoms with van der Waals surface area (Å²) in [5.41, 5.74) is 13.5. The van der Waals surface area contributed by atoms with Crippen LogP contribution in [0.4, 0.5) is 0 Å². The number of carbonyl (C=O) groups is 2. The zero-order valence-corrected chi connectivity index (χ0v) is 11.3. The van der Waals surface area contributed by atoms with Gasteiger partial charge in [0.15, 0.2) is 0 Å². The monoisotopic (exact) mass is 238 g/mol. The van der Waals surface area contributed by atoms with E-state index in [9.17, 15) is 9.59 Å². The Labute approximate surface area is 103 Å². The molecule has 4 N–H and O–H groups in total. The van der Waals surface area contributed by atoms with E-state index < -0.39 is 11.8 Å². The van der Waals surface area contributed by atoms with Crippen LogP contribution in [-0.4, -0.2) is 11.8 Å². The predicted octanol–water partition coefficient (Wildman–Crippen LogP) is 1.66. The molecule has 4 heteroatoms. The lowest BCUT2D eigenvalue weighted by atomic mass is 9.90. The van der Waals surface area contributed by atoms with Crippen LogP contribution >= 0.6 is 0 Å². The topological polar surface area (TPSA) is 86.2 Å². The van der Waals surface area contributed by atoms with Gasteiger partial charge in [-0.25, -0.2) is 0 Å². The summed E-state index contributed by atoms with van der Waals surface area (Å²) in [5.74, 6) is -0.637. The summed E-state index contributed by atoms with van der Waals surface area (Å²) in [7, 11) is 0. The van der Waals surface area contributed by atoms with E-state index in [1.165, 1.54) is 0 Å². The van der Waals surface area contributed by atoms with Gasteiger partial charge in [0.25, 0.3) is 0 Å². The Morgan fingerprint density at radius 2 is 1.35 bits per heavy atom. The predicted molar refractivity (Wildman–Crippen MR) is 68.9 cm³/mol. The second-order valence-electron chi connectivity index (χ2n) is 4.55. The molecule has 0 saturated heterocycles. The lowest BCUT2D eigenvalue weighted by molar-refractivity contribution is -0.115. The van der Waals surface area contributed by atoms with Crippen LogP contribution in [0, 0.1) is 5.92 Å². The van der Waals surface area contributed by atoms with Crippen molar-refractivity contribution in [3.05, 3.63) is 22.3 Å². The van der Waals surface area contributed by atoms with Crippen LogP contribution in [0.25, 0.3) is 0 Å². The van der Waals surface area contributed by atoms with E-state index in [4.69, 9.17) is 11.5 Å². The summed E-state index contributed by atoms with van der Waals surface area (Å²) in [6, 6.07) is 0. The van der Waals surface area contributed by atoms with Crippen molar-refractivity contribution in [2.24, 2.45) is 17.4 Å². The Morgan fingerprint density at radius 1 is 0.941 bits per heavy atom. The van der Waals surface area contributed by atoms with Gasteiger partial charge in [-0.1, -0.05) is 18.1 Å². The molecule has 0 aliphatic rings. The summed E-state index contributed by atoms with van der Waals surface area (Å²) in [6.45, 7) is 9.19. The molecule has 0 fully saturated rings. The van der Waals surface area contributed by atoms with E-state index in [0.29, 0.717) is 17.6 Å². The first kappa shape index (κ1) is 15.4. The Balaban J connectivity index is 4.96.